The van der Waals surface area contributed by atoms with Crippen molar-refractivity contribution in [1.29, 1.82) is 0 Å². The van der Waals surface area contributed by atoms with Crippen molar-refractivity contribution in [2.75, 3.05) is 6.54 Å². The van der Waals surface area contributed by atoms with Crippen molar-refractivity contribution >= 4 is 23.0 Å². The number of imidazole rings is 1. The fourth-order valence-corrected chi connectivity index (χ4v) is 3.07. The average molecular weight is 385 g/mol. The maximum Gasteiger partial charge on any atom is 0.267 e. The van der Waals surface area contributed by atoms with Gasteiger partial charge in [-0.15, -0.1) is 0 Å². The SMILES string of the molecule is CCC=CCCc1nc2cc(C=CC(=O)NO)ccc2n1CCCNC(C)C. The molecule has 0 unspecified atom stereocenters. The zero-order chi connectivity index (χ0) is 20.4. The summed E-state index contributed by atoms with van der Waals surface area (Å²) in [6.07, 6.45) is 11.3. The van der Waals surface area contributed by atoms with Gasteiger partial charge in [-0.25, -0.2) is 10.5 Å². The molecule has 0 spiro atoms. The molecule has 0 saturated carbocycles. The molecule has 2 rings (SSSR count). The summed E-state index contributed by atoms with van der Waals surface area (Å²) in [5, 5.41) is 12.1. The van der Waals surface area contributed by atoms with Gasteiger partial charge in [-0.05, 0) is 49.6 Å². The molecule has 1 heterocycles. The number of aromatic nitrogens is 2. The lowest BCUT2D eigenvalue weighted by atomic mass is 10.2. The summed E-state index contributed by atoms with van der Waals surface area (Å²) < 4.78 is 2.31. The van der Waals surface area contributed by atoms with Crippen molar-refractivity contribution < 1.29 is 10.0 Å². The minimum atomic E-state index is -0.549. The van der Waals surface area contributed by atoms with Crippen molar-refractivity contribution in [3.05, 3.63) is 47.8 Å². The standard InChI is InChI=1S/C22H32N4O2/c1-4-5-6-7-9-21-24-19-16-18(11-13-22(27)25-28)10-12-20(19)26(21)15-8-14-23-17(2)3/h5-6,10-13,16-17,23,28H,4,7-9,14-15H2,1-3H3,(H,25,27). The average Bonchev–Trinajstić information content (AvgIpc) is 3.03. The molecule has 1 amide bonds. The molecule has 0 aliphatic carbocycles. The first-order valence-corrected chi connectivity index (χ1v) is 10.0. The number of aryl methyl sites for hydroxylation is 2. The van der Waals surface area contributed by atoms with Gasteiger partial charge < -0.3 is 9.88 Å². The van der Waals surface area contributed by atoms with E-state index in [9.17, 15) is 4.79 Å². The molecular weight excluding hydrogens is 352 g/mol. The van der Waals surface area contributed by atoms with Crippen molar-refractivity contribution in [2.45, 2.75) is 59.0 Å². The highest BCUT2D eigenvalue weighted by Crippen LogP contribution is 2.20. The third-order valence-electron chi connectivity index (χ3n) is 4.44. The monoisotopic (exact) mass is 384 g/mol. The molecule has 1 aromatic heterocycles. The largest absolute Gasteiger partial charge is 0.328 e. The fourth-order valence-electron chi connectivity index (χ4n) is 3.07. The number of hydroxylamine groups is 1. The van der Waals surface area contributed by atoms with Crippen LogP contribution in [0.3, 0.4) is 0 Å². The molecule has 0 radical (unpaired) electrons. The van der Waals surface area contributed by atoms with Crippen LogP contribution in [0, 0.1) is 0 Å². The summed E-state index contributed by atoms with van der Waals surface area (Å²) >= 11 is 0. The number of amides is 1. The lowest BCUT2D eigenvalue weighted by Gasteiger charge is -2.11. The van der Waals surface area contributed by atoms with Crippen molar-refractivity contribution in [3.8, 4) is 0 Å². The van der Waals surface area contributed by atoms with Gasteiger partial charge in [0.25, 0.3) is 5.91 Å². The number of hydrogen-bond donors (Lipinski definition) is 3. The normalized spacial score (nSPS) is 12.0. The van der Waals surface area contributed by atoms with Crippen LogP contribution < -0.4 is 10.8 Å². The molecule has 0 aliphatic rings. The quantitative estimate of drug-likeness (QED) is 0.181. The first kappa shape index (κ1) is 21.9. The maximum absolute atomic E-state index is 11.2. The Labute approximate surface area is 167 Å². The van der Waals surface area contributed by atoms with E-state index in [-0.39, 0.29) is 0 Å². The lowest BCUT2D eigenvalue weighted by Crippen LogP contribution is -2.24. The first-order valence-electron chi connectivity index (χ1n) is 10.0. The van der Waals surface area contributed by atoms with Gasteiger partial charge in [-0.1, -0.05) is 39.0 Å². The first-order chi connectivity index (χ1) is 13.5. The van der Waals surface area contributed by atoms with Gasteiger partial charge in [0.15, 0.2) is 0 Å². The molecule has 2 aromatic rings. The molecule has 1 aromatic carbocycles. The second-order valence-electron chi connectivity index (χ2n) is 7.12. The van der Waals surface area contributed by atoms with Crippen LogP contribution in [0.15, 0.2) is 36.4 Å². The van der Waals surface area contributed by atoms with Crippen molar-refractivity contribution in [3.63, 3.8) is 0 Å². The zero-order valence-electron chi connectivity index (χ0n) is 17.1. The Balaban J connectivity index is 2.23. The second-order valence-corrected chi connectivity index (χ2v) is 7.12. The molecule has 0 fully saturated rings. The van der Waals surface area contributed by atoms with Gasteiger partial charge in [-0.2, -0.15) is 0 Å². The number of nitrogens with one attached hydrogen (secondary N) is 2. The number of rotatable bonds is 11. The summed E-state index contributed by atoms with van der Waals surface area (Å²) in [7, 11) is 0. The van der Waals surface area contributed by atoms with Crippen molar-refractivity contribution in [2.24, 2.45) is 0 Å². The van der Waals surface area contributed by atoms with Gasteiger partial charge >= 0.3 is 0 Å². The summed E-state index contributed by atoms with van der Waals surface area (Å²) in [6, 6.07) is 6.49. The Hall–Kier alpha value is -2.44. The minimum Gasteiger partial charge on any atom is -0.328 e. The van der Waals surface area contributed by atoms with E-state index >= 15 is 0 Å². The van der Waals surface area contributed by atoms with E-state index in [0.717, 1.165) is 61.2 Å². The number of carbonyl (C=O) groups excluding carboxylic acids is 1. The molecule has 0 bridgehead atoms. The number of benzene rings is 1. The van der Waals surface area contributed by atoms with E-state index in [1.165, 1.54) is 6.08 Å². The molecule has 0 atom stereocenters. The Morgan fingerprint density at radius 1 is 1.32 bits per heavy atom. The van der Waals surface area contributed by atoms with Gasteiger partial charge in [0.2, 0.25) is 0 Å². The number of allylic oxidation sites excluding steroid dienone is 2. The smallest absolute Gasteiger partial charge is 0.267 e. The molecule has 152 valence electrons. The molecular formula is C22H32N4O2. The van der Waals surface area contributed by atoms with Crippen LogP contribution in [-0.2, 0) is 17.8 Å². The molecule has 28 heavy (non-hydrogen) atoms. The predicted octanol–water partition coefficient (Wildman–Crippen LogP) is 3.84. The van der Waals surface area contributed by atoms with Crippen LogP contribution in [0.2, 0.25) is 0 Å². The summed E-state index contributed by atoms with van der Waals surface area (Å²) in [6.45, 7) is 8.35. The lowest BCUT2D eigenvalue weighted by molar-refractivity contribution is -0.124. The van der Waals surface area contributed by atoms with E-state index < -0.39 is 5.91 Å². The van der Waals surface area contributed by atoms with E-state index in [0.29, 0.717) is 6.04 Å². The highest BCUT2D eigenvalue weighted by atomic mass is 16.5. The molecule has 0 aliphatic heterocycles. The Morgan fingerprint density at radius 2 is 2.14 bits per heavy atom. The van der Waals surface area contributed by atoms with Crippen LogP contribution >= 0.6 is 0 Å². The highest BCUT2D eigenvalue weighted by molar-refractivity contribution is 5.91. The van der Waals surface area contributed by atoms with E-state index in [1.807, 2.05) is 12.1 Å². The van der Waals surface area contributed by atoms with E-state index in [2.05, 4.69) is 48.9 Å². The van der Waals surface area contributed by atoms with Crippen LogP contribution in [-0.4, -0.2) is 33.3 Å². The van der Waals surface area contributed by atoms with Crippen LogP contribution in [0.1, 0.15) is 51.4 Å². The number of fused-ring (bicyclic) bond motifs is 1. The molecule has 6 heteroatoms. The minimum absolute atomic E-state index is 0.489. The van der Waals surface area contributed by atoms with Crippen molar-refractivity contribution in [1.82, 2.24) is 20.3 Å². The third-order valence-corrected chi connectivity index (χ3v) is 4.44. The zero-order valence-corrected chi connectivity index (χ0v) is 17.1. The topological polar surface area (TPSA) is 79.2 Å². The third kappa shape index (κ3) is 6.62. The molecule has 3 N–H and O–H groups in total. The number of carbonyl (C=O) groups is 1. The van der Waals surface area contributed by atoms with Gasteiger partial charge in [0.05, 0.1) is 11.0 Å². The fraction of sp³-hybridized carbons (Fsp3) is 0.455. The molecule has 0 saturated heterocycles. The summed E-state index contributed by atoms with van der Waals surface area (Å²) in [5.41, 5.74) is 4.51. The predicted molar refractivity (Wildman–Crippen MR) is 114 cm³/mol. The van der Waals surface area contributed by atoms with Crippen LogP contribution in [0.5, 0.6) is 0 Å². The molecule has 6 nitrogen and oxygen atoms in total. The summed E-state index contributed by atoms with van der Waals surface area (Å²) in [4.78, 5) is 16.0. The van der Waals surface area contributed by atoms with Gasteiger partial charge in [0, 0.05) is 25.1 Å². The van der Waals surface area contributed by atoms with Gasteiger partial charge in [-0.3, -0.25) is 10.0 Å². The van der Waals surface area contributed by atoms with Crippen LogP contribution in [0.25, 0.3) is 17.1 Å². The second kappa shape index (κ2) is 11.4. The maximum atomic E-state index is 11.2. The van der Waals surface area contributed by atoms with Gasteiger partial charge in [0.1, 0.15) is 5.82 Å². The van der Waals surface area contributed by atoms with Crippen LogP contribution in [0.4, 0.5) is 0 Å². The Kier molecular flexibility index (Phi) is 8.91. The highest BCUT2D eigenvalue weighted by Gasteiger charge is 2.10. The summed E-state index contributed by atoms with van der Waals surface area (Å²) in [5.74, 6) is 0.543. The number of nitrogens with zero attached hydrogens (tertiary/aromatic N) is 2. The Morgan fingerprint density at radius 3 is 2.86 bits per heavy atom. The number of hydrogen-bond acceptors (Lipinski definition) is 4. The Bertz CT molecular complexity index is 821. The van der Waals surface area contributed by atoms with E-state index in [1.54, 1.807) is 11.6 Å². The van der Waals surface area contributed by atoms with E-state index in [4.69, 9.17) is 10.2 Å².